The lowest BCUT2D eigenvalue weighted by Crippen LogP contribution is -2.06. The van der Waals surface area contributed by atoms with Crippen molar-refractivity contribution in [3.05, 3.63) is 41.8 Å². The Balaban J connectivity index is 2.10. The van der Waals surface area contributed by atoms with Crippen molar-refractivity contribution < 1.29 is 4.52 Å². The number of aryl methyl sites for hydroxylation is 1. The first-order valence-electron chi connectivity index (χ1n) is 5.97. The molecule has 0 aliphatic rings. The molecule has 1 unspecified atom stereocenters. The number of anilines is 1. The van der Waals surface area contributed by atoms with Crippen LogP contribution in [0.2, 0.25) is 0 Å². The Bertz CT molecular complexity index is 737. The van der Waals surface area contributed by atoms with Crippen molar-refractivity contribution in [2.45, 2.75) is 19.8 Å². The maximum Gasteiger partial charge on any atom is 0.237 e. The summed E-state index contributed by atoms with van der Waals surface area (Å²) in [5.74, 6) is 1.94. The maximum atomic E-state index is 5.96. The quantitative estimate of drug-likeness (QED) is 0.753. The number of nitrogens with zero attached hydrogens (tertiary/aromatic N) is 4. The van der Waals surface area contributed by atoms with Gasteiger partial charge in [-0.1, -0.05) is 17.3 Å². The molecule has 19 heavy (non-hydrogen) atoms. The molecule has 0 radical (unpaired) electrons. The number of benzene rings is 1. The van der Waals surface area contributed by atoms with E-state index in [2.05, 4.69) is 20.1 Å². The van der Waals surface area contributed by atoms with Crippen molar-refractivity contribution >= 4 is 16.7 Å². The third-order valence-electron chi connectivity index (χ3n) is 2.95. The zero-order valence-corrected chi connectivity index (χ0v) is 10.7. The van der Waals surface area contributed by atoms with Crippen molar-refractivity contribution in [1.29, 1.82) is 0 Å². The lowest BCUT2D eigenvalue weighted by atomic mass is 10.1. The highest BCUT2D eigenvalue weighted by atomic mass is 16.5. The van der Waals surface area contributed by atoms with E-state index >= 15 is 0 Å². The average Bonchev–Trinajstić information content (AvgIpc) is 2.84. The first kappa shape index (κ1) is 11.6. The van der Waals surface area contributed by atoms with Crippen LogP contribution in [0.5, 0.6) is 0 Å². The van der Waals surface area contributed by atoms with Crippen LogP contribution < -0.4 is 5.73 Å². The van der Waals surface area contributed by atoms with E-state index in [1.54, 1.807) is 6.92 Å². The second-order valence-electron chi connectivity index (χ2n) is 4.39. The second kappa shape index (κ2) is 4.31. The molecule has 0 amide bonds. The number of para-hydroxylation sites is 1. The Hall–Kier alpha value is -2.50. The molecule has 0 bridgehead atoms. The van der Waals surface area contributed by atoms with Crippen molar-refractivity contribution in [2.24, 2.45) is 0 Å². The third kappa shape index (κ3) is 2.01. The van der Waals surface area contributed by atoms with Gasteiger partial charge in [0.1, 0.15) is 11.6 Å². The summed E-state index contributed by atoms with van der Waals surface area (Å²) < 4.78 is 5.15. The molecule has 6 heteroatoms. The van der Waals surface area contributed by atoms with Crippen LogP contribution in [0.1, 0.15) is 30.4 Å². The molecule has 1 aromatic carbocycles. The van der Waals surface area contributed by atoms with E-state index in [0.717, 1.165) is 10.9 Å². The van der Waals surface area contributed by atoms with Crippen LogP contribution in [-0.2, 0) is 0 Å². The molecular weight excluding hydrogens is 242 g/mol. The molecule has 96 valence electrons. The molecule has 0 saturated carbocycles. The second-order valence-corrected chi connectivity index (χ2v) is 4.39. The third-order valence-corrected chi connectivity index (χ3v) is 2.95. The van der Waals surface area contributed by atoms with Gasteiger partial charge in [-0.05, 0) is 26.0 Å². The van der Waals surface area contributed by atoms with Crippen molar-refractivity contribution in [3.8, 4) is 0 Å². The number of fused-ring (bicyclic) bond motifs is 1. The molecule has 0 aliphatic carbocycles. The highest BCUT2D eigenvalue weighted by molar-refractivity contribution is 5.87. The predicted molar refractivity (Wildman–Crippen MR) is 70.5 cm³/mol. The minimum Gasteiger partial charge on any atom is -0.383 e. The molecule has 0 spiro atoms. The lowest BCUT2D eigenvalue weighted by Gasteiger charge is -2.08. The molecule has 2 N–H and O–H groups in total. The predicted octanol–water partition coefficient (Wildman–Crippen LogP) is 2.06. The van der Waals surface area contributed by atoms with Gasteiger partial charge in [0.15, 0.2) is 5.82 Å². The summed E-state index contributed by atoms with van der Waals surface area (Å²) in [6.07, 6.45) is 0. The molecule has 0 aliphatic heterocycles. The van der Waals surface area contributed by atoms with E-state index in [-0.39, 0.29) is 5.92 Å². The summed E-state index contributed by atoms with van der Waals surface area (Å²) in [5, 5.41) is 4.62. The van der Waals surface area contributed by atoms with Gasteiger partial charge in [0.2, 0.25) is 5.89 Å². The summed E-state index contributed by atoms with van der Waals surface area (Å²) in [5.41, 5.74) is 6.77. The fraction of sp³-hybridized carbons (Fsp3) is 0.231. The number of hydrogen-bond acceptors (Lipinski definition) is 6. The maximum absolute atomic E-state index is 5.96. The lowest BCUT2D eigenvalue weighted by molar-refractivity contribution is 0.364. The minimum atomic E-state index is -0.187. The van der Waals surface area contributed by atoms with E-state index in [9.17, 15) is 0 Å². The van der Waals surface area contributed by atoms with E-state index in [1.807, 2.05) is 31.2 Å². The van der Waals surface area contributed by atoms with Crippen LogP contribution in [0.25, 0.3) is 10.9 Å². The fourth-order valence-electron chi connectivity index (χ4n) is 1.91. The number of nitrogens with two attached hydrogens (primary N) is 1. The number of nitrogen functional groups attached to an aromatic ring is 1. The number of aromatic nitrogens is 4. The van der Waals surface area contributed by atoms with E-state index < -0.39 is 0 Å². The summed E-state index contributed by atoms with van der Waals surface area (Å²) in [7, 11) is 0. The van der Waals surface area contributed by atoms with Crippen molar-refractivity contribution in [2.75, 3.05) is 5.73 Å². The van der Waals surface area contributed by atoms with Crippen LogP contribution in [0.3, 0.4) is 0 Å². The van der Waals surface area contributed by atoms with Crippen molar-refractivity contribution in [3.63, 3.8) is 0 Å². The van der Waals surface area contributed by atoms with Crippen molar-refractivity contribution in [1.82, 2.24) is 20.1 Å². The van der Waals surface area contributed by atoms with Gasteiger partial charge >= 0.3 is 0 Å². The Morgan fingerprint density at radius 3 is 2.68 bits per heavy atom. The number of hydrogen-bond donors (Lipinski definition) is 1. The molecule has 2 aromatic heterocycles. The van der Waals surface area contributed by atoms with Gasteiger partial charge in [-0.15, -0.1) is 0 Å². The normalized spacial score (nSPS) is 12.7. The van der Waals surface area contributed by atoms with Gasteiger partial charge in [-0.2, -0.15) is 4.98 Å². The fourth-order valence-corrected chi connectivity index (χ4v) is 1.91. The Labute approximate surface area is 109 Å². The van der Waals surface area contributed by atoms with Crippen LogP contribution in [-0.4, -0.2) is 20.1 Å². The molecule has 3 aromatic rings. The van der Waals surface area contributed by atoms with Crippen LogP contribution >= 0.6 is 0 Å². The standard InChI is InChI=1S/C13H13N5O/c1-7(13-15-8(2)18-19-13)12-16-10-6-4-3-5-9(10)11(14)17-12/h3-7H,1-2H3,(H2,14,16,17). The van der Waals surface area contributed by atoms with Gasteiger partial charge in [-0.25, -0.2) is 9.97 Å². The molecule has 2 heterocycles. The highest BCUT2D eigenvalue weighted by Crippen LogP contribution is 2.24. The topological polar surface area (TPSA) is 90.7 Å². The number of rotatable bonds is 2. The van der Waals surface area contributed by atoms with Gasteiger partial charge in [0, 0.05) is 5.39 Å². The molecule has 1 atom stereocenters. The van der Waals surface area contributed by atoms with Gasteiger partial charge in [0.05, 0.1) is 11.4 Å². The smallest absolute Gasteiger partial charge is 0.237 e. The van der Waals surface area contributed by atoms with Crippen LogP contribution in [0.15, 0.2) is 28.8 Å². The van der Waals surface area contributed by atoms with Crippen LogP contribution in [0, 0.1) is 6.92 Å². The van der Waals surface area contributed by atoms with Gasteiger partial charge in [0.25, 0.3) is 0 Å². The molecule has 3 rings (SSSR count). The Morgan fingerprint density at radius 1 is 1.16 bits per heavy atom. The summed E-state index contributed by atoms with van der Waals surface area (Å²) in [6, 6.07) is 7.63. The zero-order valence-electron chi connectivity index (χ0n) is 10.7. The first-order valence-corrected chi connectivity index (χ1v) is 5.97. The average molecular weight is 255 g/mol. The minimum absolute atomic E-state index is 0.187. The van der Waals surface area contributed by atoms with E-state index in [4.69, 9.17) is 10.3 Å². The Morgan fingerprint density at radius 2 is 1.95 bits per heavy atom. The monoisotopic (exact) mass is 255 g/mol. The molecule has 0 fully saturated rings. The van der Waals surface area contributed by atoms with Gasteiger partial charge < -0.3 is 10.3 Å². The first-order chi connectivity index (χ1) is 9.15. The van der Waals surface area contributed by atoms with Gasteiger partial charge in [-0.3, -0.25) is 0 Å². The Kier molecular flexibility index (Phi) is 2.63. The molecule has 0 saturated heterocycles. The van der Waals surface area contributed by atoms with Crippen LogP contribution in [0.4, 0.5) is 5.82 Å². The summed E-state index contributed by atoms with van der Waals surface area (Å²) >= 11 is 0. The summed E-state index contributed by atoms with van der Waals surface area (Å²) in [6.45, 7) is 3.69. The van der Waals surface area contributed by atoms with E-state index in [0.29, 0.717) is 23.4 Å². The van der Waals surface area contributed by atoms with E-state index in [1.165, 1.54) is 0 Å². The SMILES string of the molecule is Cc1noc(C(C)c2nc(N)c3ccccc3n2)n1. The zero-order chi connectivity index (χ0) is 13.4. The molecule has 6 nitrogen and oxygen atoms in total. The summed E-state index contributed by atoms with van der Waals surface area (Å²) in [4.78, 5) is 13.0. The molecular formula is C13H13N5O. The highest BCUT2D eigenvalue weighted by Gasteiger charge is 2.19. The largest absolute Gasteiger partial charge is 0.383 e.